The first-order valence-electron chi connectivity index (χ1n) is 7.02. The Labute approximate surface area is 125 Å². The molecule has 6 nitrogen and oxygen atoms in total. The van der Waals surface area contributed by atoms with Crippen molar-refractivity contribution in [2.24, 2.45) is 0 Å². The molecule has 0 aromatic carbocycles. The van der Waals surface area contributed by atoms with Gasteiger partial charge in [-0.25, -0.2) is 12.7 Å². The molecule has 0 spiro atoms. The van der Waals surface area contributed by atoms with Gasteiger partial charge in [-0.3, -0.25) is 4.79 Å². The van der Waals surface area contributed by atoms with Crippen LogP contribution in [0.5, 0.6) is 0 Å². The topological polar surface area (TPSA) is 79.6 Å². The molecule has 1 amide bonds. The molecule has 0 saturated carbocycles. The van der Waals surface area contributed by atoms with Gasteiger partial charge in [0.15, 0.2) is 0 Å². The third kappa shape index (κ3) is 3.47. The van der Waals surface area contributed by atoms with Gasteiger partial charge in [-0.1, -0.05) is 0 Å². The number of nitrogens with zero attached hydrogens (tertiary/aromatic N) is 1. The Morgan fingerprint density at radius 3 is 2.19 bits per heavy atom. The Morgan fingerprint density at radius 2 is 1.76 bits per heavy atom. The van der Waals surface area contributed by atoms with Crippen molar-refractivity contribution in [2.75, 3.05) is 19.3 Å². The number of rotatable bonds is 3. The molecule has 118 valence electrons. The molecular formula is C14H22N2O4S. The van der Waals surface area contributed by atoms with Crippen molar-refractivity contribution >= 4 is 15.9 Å². The van der Waals surface area contributed by atoms with Gasteiger partial charge in [0.25, 0.3) is 5.91 Å². The number of sulfonamides is 1. The molecule has 0 atom stereocenters. The van der Waals surface area contributed by atoms with Crippen molar-refractivity contribution in [1.82, 2.24) is 9.62 Å². The predicted molar refractivity (Wildman–Crippen MR) is 79.8 cm³/mol. The van der Waals surface area contributed by atoms with E-state index in [9.17, 15) is 13.2 Å². The minimum atomic E-state index is -3.13. The number of carbonyl (C=O) groups excluding carboxylic acids is 1. The quantitative estimate of drug-likeness (QED) is 0.913. The Balaban J connectivity index is 1.99. The summed E-state index contributed by atoms with van der Waals surface area (Å²) in [5.74, 6) is 1.24. The van der Waals surface area contributed by atoms with Crippen molar-refractivity contribution in [3.63, 3.8) is 0 Å². The lowest BCUT2D eigenvalue weighted by molar-refractivity contribution is 0.0922. The van der Waals surface area contributed by atoms with Crippen LogP contribution in [0.1, 0.15) is 40.3 Å². The van der Waals surface area contributed by atoms with E-state index in [0.29, 0.717) is 37.3 Å². The molecule has 1 aromatic rings. The molecule has 1 aliphatic rings. The van der Waals surface area contributed by atoms with E-state index < -0.39 is 10.0 Å². The van der Waals surface area contributed by atoms with Gasteiger partial charge >= 0.3 is 0 Å². The van der Waals surface area contributed by atoms with E-state index in [2.05, 4.69) is 5.32 Å². The second-order valence-electron chi connectivity index (χ2n) is 5.62. The Hall–Kier alpha value is -1.34. The largest absolute Gasteiger partial charge is 0.466 e. The molecule has 0 radical (unpaired) electrons. The summed E-state index contributed by atoms with van der Waals surface area (Å²) in [6, 6.07) is 0.00417. The van der Waals surface area contributed by atoms with E-state index in [-0.39, 0.29) is 11.9 Å². The maximum Gasteiger partial charge on any atom is 0.255 e. The lowest BCUT2D eigenvalue weighted by Crippen LogP contribution is -2.46. The minimum Gasteiger partial charge on any atom is -0.466 e. The Bertz CT molecular complexity index is 640. The molecular weight excluding hydrogens is 292 g/mol. The molecule has 0 unspecified atom stereocenters. The average molecular weight is 314 g/mol. The van der Waals surface area contributed by atoms with Gasteiger partial charge in [-0.15, -0.1) is 0 Å². The van der Waals surface area contributed by atoms with Crippen molar-refractivity contribution in [1.29, 1.82) is 0 Å². The molecule has 1 N–H and O–H groups in total. The molecule has 2 heterocycles. The summed E-state index contributed by atoms with van der Waals surface area (Å²) in [6.07, 6.45) is 2.48. The summed E-state index contributed by atoms with van der Waals surface area (Å²) >= 11 is 0. The lowest BCUT2D eigenvalue weighted by atomic mass is 10.0. The highest BCUT2D eigenvalue weighted by molar-refractivity contribution is 7.88. The summed E-state index contributed by atoms with van der Waals surface area (Å²) in [5, 5.41) is 2.98. The van der Waals surface area contributed by atoms with E-state index in [1.807, 2.05) is 13.8 Å². The second kappa shape index (κ2) is 5.81. The van der Waals surface area contributed by atoms with Gasteiger partial charge in [0.2, 0.25) is 10.0 Å². The smallest absolute Gasteiger partial charge is 0.255 e. The molecule has 0 bridgehead atoms. The van der Waals surface area contributed by atoms with E-state index >= 15 is 0 Å². The number of piperidine rings is 1. The van der Waals surface area contributed by atoms with E-state index in [0.717, 1.165) is 11.3 Å². The van der Waals surface area contributed by atoms with E-state index in [1.54, 1.807) is 6.92 Å². The maximum atomic E-state index is 12.3. The third-order valence-electron chi connectivity index (χ3n) is 4.05. The van der Waals surface area contributed by atoms with Gasteiger partial charge in [0.05, 0.1) is 11.8 Å². The molecule has 7 heteroatoms. The van der Waals surface area contributed by atoms with Crippen LogP contribution < -0.4 is 5.32 Å². The van der Waals surface area contributed by atoms with E-state index in [1.165, 1.54) is 10.6 Å². The van der Waals surface area contributed by atoms with Gasteiger partial charge in [0.1, 0.15) is 11.5 Å². The maximum absolute atomic E-state index is 12.3. The minimum absolute atomic E-state index is 0.00417. The first-order chi connectivity index (χ1) is 9.70. The molecule has 1 aliphatic heterocycles. The summed E-state index contributed by atoms with van der Waals surface area (Å²) in [7, 11) is -3.13. The zero-order chi connectivity index (χ0) is 15.8. The SMILES string of the molecule is Cc1oc(C)c(C(=O)NC2CCN(S(C)(=O)=O)CC2)c1C. The Morgan fingerprint density at radius 1 is 1.19 bits per heavy atom. The van der Waals surface area contributed by atoms with Crippen LogP contribution in [-0.4, -0.2) is 44.0 Å². The highest BCUT2D eigenvalue weighted by Crippen LogP contribution is 2.21. The van der Waals surface area contributed by atoms with E-state index in [4.69, 9.17) is 4.42 Å². The van der Waals surface area contributed by atoms with Crippen LogP contribution in [0.2, 0.25) is 0 Å². The van der Waals surface area contributed by atoms with Crippen LogP contribution in [-0.2, 0) is 10.0 Å². The number of hydrogen-bond acceptors (Lipinski definition) is 4. The summed E-state index contributed by atoms with van der Waals surface area (Å²) in [4.78, 5) is 12.3. The number of amides is 1. The molecule has 21 heavy (non-hydrogen) atoms. The Kier molecular flexibility index (Phi) is 4.43. The number of carbonyl (C=O) groups is 1. The lowest BCUT2D eigenvalue weighted by Gasteiger charge is -2.30. The predicted octanol–water partition coefficient (Wildman–Crippen LogP) is 1.36. The van der Waals surface area contributed by atoms with Crippen LogP contribution in [0.15, 0.2) is 4.42 Å². The monoisotopic (exact) mass is 314 g/mol. The third-order valence-corrected chi connectivity index (χ3v) is 5.35. The van der Waals surface area contributed by atoms with Gasteiger partial charge in [-0.05, 0) is 33.6 Å². The average Bonchev–Trinajstić information content (AvgIpc) is 2.62. The number of furan rings is 1. The number of hydrogen-bond donors (Lipinski definition) is 1. The van der Waals surface area contributed by atoms with Crippen LogP contribution in [0, 0.1) is 20.8 Å². The summed E-state index contributed by atoms with van der Waals surface area (Å²) in [5.41, 5.74) is 1.46. The van der Waals surface area contributed by atoms with Crippen LogP contribution in [0.25, 0.3) is 0 Å². The molecule has 1 saturated heterocycles. The first kappa shape index (κ1) is 16.0. The molecule has 0 aliphatic carbocycles. The van der Waals surface area contributed by atoms with Gasteiger partial charge in [0, 0.05) is 24.7 Å². The zero-order valence-corrected chi connectivity index (χ0v) is 13.7. The summed E-state index contributed by atoms with van der Waals surface area (Å²) < 4.78 is 29.8. The standard InChI is InChI=1S/C14H22N2O4S/c1-9-10(2)20-11(3)13(9)14(17)15-12-5-7-16(8-6-12)21(4,18)19/h12H,5-8H2,1-4H3,(H,15,17). The summed E-state index contributed by atoms with van der Waals surface area (Å²) in [6.45, 7) is 6.39. The van der Waals surface area contributed by atoms with Crippen molar-refractivity contribution < 1.29 is 17.6 Å². The van der Waals surface area contributed by atoms with Crippen LogP contribution in [0.4, 0.5) is 0 Å². The highest BCUT2D eigenvalue weighted by atomic mass is 32.2. The molecule has 2 rings (SSSR count). The fourth-order valence-electron chi connectivity index (χ4n) is 2.72. The zero-order valence-electron chi connectivity index (χ0n) is 12.9. The van der Waals surface area contributed by atoms with Crippen LogP contribution >= 0.6 is 0 Å². The number of nitrogens with one attached hydrogen (secondary N) is 1. The van der Waals surface area contributed by atoms with Crippen molar-refractivity contribution in [3.05, 3.63) is 22.6 Å². The highest BCUT2D eigenvalue weighted by Gasteiger charge is 2.27. The van der Waals surface area contributed by atoms with Gasteiger partial charge < -0.3 is 9.73 Å². The first-order valence-corrected chi connectivity index (χ1v) is 8.87. The second-order valence-corrected chi connectivity index (χ2v) is 7.61. The van der Waals surface area contributed by atoms with Gasteiger partial charge in [-0.2, -0.15) is 0 Å². The normalized spacial score (nSPS) is 17.9. The van der Waals surface area contributed by atoms with Crippen molar-refractivity contribution in [2.45, 2.75) is 39.7 Å². The fourth-order valence-corrected chi connectivity index (χ4v) is 3.59. The molecule has 1 fully saturated rings. The molecule has 1 aromatic heterocycles. The fraction of sp³-hybridized carbons (Fsp3) is 0.643. The number of aryl methyl sites for hydroxylation is 2. The van der Waals surface area contributed by atoms with Crippen LogP contribution in [0.3, 0.4) is 0 Å². The van der Waals surface area contributed by atoms with Crippen molar-refractivity contribution in [3.8, 4) is 0 Å².